The minimum Gasteiger partial charge on any atom is -0.389 e. The van der Waals surface area contributed by atoms with Crippen LogP contribution in [0, 0.1) is 11.6 Å². The van der Waals surface area contributed by atoms with Crippen molar-refractivity contribution < 1.29 is 23.5 Å². The molecule has 0 aromatic heterocycles. The molecule has 0 saturated heterocycles. The van der Waals surface area contributed by atoms with Crippen LogP contribution in [0.4, 0.5) is 8.78 Å². The first-order valence-corrected chi connectivity index (χ1v) is 6.83. The molecule has 1 aliphatic rings. The Balaban J connectivity index is 2.05. The number of hydrogen-bond donors (Lipinski definition) is 1. The predicted molar refractivity (Wildman–Crippen MR) is 76.3 cm³/mol. The van der Waals surface area contributed by atoms with Crippen molar-refractivity contribution in [2.75, 3.05) is 13.6 Å². The maximum Gasteiger partial charge on any atom is 0.266 e. The van der Waals surface area contributed by atoms with Crippen LogP contribution in [0.2, 0.25) is 0 Å². The Morgan fingerprint density at radius 2 is 2.18 bits per heavy atom. The number of benzene rings is 1. The Labute approximate surface area is 127 Å². The minimum absolute atomic E-state index is 0.0135. The summed E-state index contributed by atoms with van der Waals surface area (Å²) >= 11 is 0. The summed E-state index contributed by atoms with van der Waals surface area (Å²) in [5, 5.41) is 13.4. The van der Waals surface area contributed by atoms with E-state index in [1.54, 1.807) is 13.8 Å². The number of likely N-dealkylation sites (N-methyl/N-ethyl adjacent to an activating group) is 1. The zero-order valence-electron chi connectivity index (χ0n) is 12.6. The molecule has 0 saturated carbocycles. The molecule has 0 spiro atoms. The predicted octanol–water partition coefficient (Wildman–Crippen LogP) is 1.69. The Morgan fingerprint density at radius 1 is 1.50 bits per heavy atom. The summed E-state index contributed by atoms with van der Waals surface area (Å²) in [5.74, 6) is -1.59. The van der Waals surface area contributed by atoms with Crippen molar-refractivity contribution in [3.8, 4) is 0 Å². The number of hydrogen-bond acceptors (Lipinski definition) is 4. The summed E-state index contributed by atoms with van der Waals surface area (Å²) in [4.78, 5) is 18.6. The molecule has 1 unspecified atom stereocenters. The highest BCUT2D eigenvalue weighted by Gasteiger charge is 2.33. The van der Waals surface area contributed by atoms with Crippen LogP contribution in [0.15, 0.2) is 23.4 Å². The van der Waals surface area contributed by atoms with Gasteiger partial charge in [0.1, 0.15) is 11.6 Å². The first-order chi connectivity index (χ1) is 10.2. The Hall–Kier alpha value is -2.02. The second-order valence-electron chi connectivity index (χ2n) is 5.97. The van der Waals surface area contributed by atoms with Crippen molar-refractivity contribution in [3.63, 3.8) is 0 Å². The quantitative estimate of drug-likeness (QED) is 0.920. The third-order valence-corrected chi connectivity index (χ3v) is 3.18. The molecular weight excluding hydrogens is 294 g/mol. The van der Waals surface area contributed by atoms with Gasteiger partial charge in [0.05, 0.1) is 11.3 Å². The summed E-state index contributed by atoms with van der Waals surface area (Å²) in [7, 11) is 1.53. The van der Waals surface area contributed by atoms with Crippen molar-refractivity contribution in [1.29, 1.82) is 0 Å². The van der Waals surface area contributed by atoms with E-state index in [1.165, 1.54) is 11.9 Å². The van der Waals surface area contributed by atoms with Gasteiger partial charge in [0.25, 0.3) is 5.91 Å². The highest BCUT2D eigenvalue weighted by molar-refractivity contribution is 6.04. The van der Waals surface area contributed by atoms with Gasteiger partial charge in [-0.1, -0.05) is 5.16 Å². The average molecular weight is 312 g/mol. The van der Waals surface area contributed by atoms with E-state index in [-0.39, 0.29) is 30.1 Å². The fraction of sp³-hybridized carbons (Fsp3) is 0.467. The van der Waals surface area contributed by atoms with Gasteiger partial charge >= 0.3 is 0 Å². The fourth-order valence-electron chi connectivity index (χ4n) is 2.29. The van der Waals surface area contributed by atoms with Crippen LogP contribution < -0.4 is 0 Å². The molecule has 7 heteroatoms. The molecule has 1 N–H and O–H groups in total. The lowest BCUT2D eigenvalue weighted by atomic mass is 10.0. The summed E-state index contributed by atoms with van der Waals surface area (Å²) in [6.07, 6.45) is -0.847. The van der Waals surface area contributed by atoms with Crippen LogP contribution in [-0.4, -0.2) is 46.9 Å². The van der Waals surface area contributed by atoms with Crippen LogP contribution in [0.1, 0.15) is 25.8 Å². The molecule has 0 aliphatic carbocycles. The minimum atomic E-state index is -1.04. The molecule has 1 amide bonds. The Kier molecular flexibility index (Phi) is 4.46. The van der Waals surface area contributed by atoms with Crippen molar-refractivity contribution in [3.05, 3.63) is 35.4 Å². The number of amides is 1. The van der Waals surface area contributed by atoms with E-state index in [9.17, 15) is 18.7 Å². The third kappa shape index (κ3) is 3.79. The van der Waals surface area contributed by atoms with Crippen molar-refractivity contribution in [2.24, 2.45) is 5.16 Å². The lowest BCUT2D eigenvalue weighted by Gasteiger charge is -2.26. The van der Waals surface area contributed by atoms with Gasteiger partial charge in [-0.3, -0.25) is 4.79 Å². The van der Waals surface area contributed by atoms with E-state index in [0.29, 0.717) is 0 Å². The molecular formula is C15H18F2N2O3. The highest BCUT2D eigenvalue weighted by Crippen LogP contribution is 2.21. The molecule has 1 aliphatic heterocycles. The second-order valence-corrected chi connectivity index (χ2v) is 5.97. The van der Waals surface area contributed by atoms with Crippen LogP contribution in [-0.2, 0) is 9.63 Å². The lowest BCUT2D eigenvalue weighted by molar-refractivity contribution is -0.143. The standard InChI is InChI=1S/C15H18F2N2O3/c1-15(2,21)8-19(3)14(20)13-7-12(18-22-13)10-6-9(16)4-5-11(10)17/h4-6,13,21H,7-8H2,1-3H3. The molecule has 2 rings (SSSR count). The third-order valence-electron chi connectivity index (χ3n) is 3.18. The molecule has 1 atom stereocenters. The van der Waals surface area contributed by atoms with E-state index >= 15 is 0 Å². The SMILES string of the molecule is CN(CC(C)(C)O)C(=O)C1CC(c2cc(F)ccc2F)=NO1. The van der Waals surface area contributed by atoms with Gasteiger partial charge in [-0.2, -0.15) is 0 Å². The maximum atomic E-state index is 13.7. The number of halogens is 2. The van der Waals surface area contributed by atoms with Crippen LogP contribution in [0.3, 0.4) is 0 Å². The summed E-state index contributed by atoms with van der Waals surface area (Å²) in [5.41, 5.74) is -0.867. The first kappa shape index (κ1) is 16.4. The van der Waals surface area contributed by atoms with Gasteiger partial charge in [-0.25, -0.2) is 8.78 Å². The van der Waals surface area contributed by atoms with E-state index in [0.717, 1.165) is 18.2 Å². The van der Waals surface area contributed by atoms with E-state index in [2.05, 4.69) is 5.16 Å². The fourth-order valence-corrected chi connectivity index (χ4v) is 2.29. The molecule has 0 fully saturated rings. The van der Waals surface area contributed by atoms with Crippen LogP contribution in [0.5, 0.6) is 0 Å². The number of oxime groups is 1. The number of carbonyl (C=O) groups excluding carboxylic acids is 1. The zero-order chi connectivity index (χ0) is 16.5. The van der Waals surface area contributed by atoms with Gasteiger partial charge < -0.3 is 14.8 Å². The number of nitrogens with zero attached hydrogens (tertiary/aromatic N) is 2. The van der Waals surface area contributed by atoms with E-state index in [4.69, 9.17) is 4.84 Å². The largest absolute Gasteiger partial charge is 0.389 e. The normalized spacial score (nSPS) is 17.9. The van der Waals surface area contributed by atoms with Crippen molar-refractivity contribution >= 4 is 11.6 Å². The van der Waals surface area contributed by atoms with E-state index < -0.39 is 23.3 Å². The molecule has 1 heterocycles. The van der Waals surface area contributed by atoms with Crippen molar-refractivity contribution in [2.45, 2.75) is 32.0 Å². The maximum absolute atomic E-state index is 13.7. The van der Waals surface area contributed by atoms with Gasteiger partial charge in [-0.05, 0) is 32.0 Å². The lowest BCUT2D eigenvalue weighted by Crippen LogP contribution is -2.44. The smallest absolute Gasteiger partial charge is 0.266 e. The Bertz CT molecular complexity index is 611. The van der Waals surface area contributed by atoms with Gasteiger partial charge in [-0.15, -0.1) is 0 Å². The Morgan fingerprint density at radius 3 is 2.82 bits per heavy atom. The second kappa shape index (κ2) is 6.00. The monoisotopic (exact) mass is 312 g/mol. The zero-order valence-corrected chi connectivity index (χ0v) is 12.6. The van der Waals surface area contributed by atoms with Gasteiger partial charge in [0, 0.05) is 25.6 Å². The summed E-state index contributed by atoms with van der Waals surface area (Å²) in [6.45, 7) is 3.28. The molecule has 5 nitrogen and oxygen atoms in total. The van der Waals surface area contributed by atoms with Crippen LogP contribution >= 0.6 is 0 Å². The molecule has 0 radical (unpaired) electrons. The van der Waals surface area contributed by atoms with E-state index in [1.807, 2.05) is 0 Å². The number of rotatable bonds is 4. The molecule has 0 bridgehead atoms. The molecule has 1 aromatic carbocycles. The van der Waals surface area contributed by atoms with Gasteiger partial charge in [0.15, 0.2) is 0 Å². The van der Waals surface area contributed by atoms with Gasteiger partial charge in [0.2, 0.25) is 6.10 Å². The summed E-state index contributed by atoms with van der Waals surface area (Å²) in [6, 6.07) is 3.03. The molecule has 120 valence electrons. The summed E-state index contributed by atoms with van der Waals surface area (Å²) < 4.78 is 26.9. The number of aliphatic hydroxyl groups is 1. The average Bonchev–Trinajstić information content (AvgIpc) is 2.88. The first-order valence-electron chi connectivity index (χ1n) is 6.83. The van der Waals surface area contributed by atoms with Crippen LogP contribution in [0.25, 0.3) is 0 Å². The molecule has 1 aromatic rings. The highest BCUT2D eigenvalue weighted by atomic mass is 19.1. The molecule has 22 heavy (non-hydrogen) atoms. The van der Waals surface area contributed by atoms with Crippen molar-refractivity contribution in [1.82, 2.24) is 4.90 Å². The number of carbonyl (C=O) groups is 1. The topological polar surface area (TPSA) is 62.1 Å².